The van der Waals surface area contributed by atoms with Crippen molar-refractivity contribution in [2.75, 3.05) is 6.54 Å². The first-order valence-electron chi connectivity index (χ1n) is 10.1. The molecule has 0 radical (unpaired) electrons. The van der Waals surface area contributed by atoms with Gasteiger partial charge in [0.25, 0.3) is 5.91 Å². The third-order valence-corrected chi connectivity index (χ3v) is 5.07. The number of ether oxygens (including phenoxy) is 1. The van der Waals surface area contributed by atoms with Gasteiger partial charge < -0.3 is 9.64 Å². The van der Waals surface area contributed by atoms with Gasteiger partial charge in [0.05, 0.1) is 5.92 Å². The Morgan fingerprint density at radius 3 is 2.47 bits per heavy atom. The molecule has 1 fully saturated rings. The molecule has 0 bridgehead atoms. The molecule has 3 amide bonds. The third-order valence-electron chi connectivity index (χ3n) is 5.07. The first kappa shape index (κ1) is 21.4. The molecule has 1 saturated heterocycles. The molecule has 2 unspecified atom stereocenters. The van der Waals surface area contributed by atoms with E-state index in [0.29, 0.717) is 25.3 Å². The summed E-state index contributed by atoms with van der Waals surface area (Å²) in [6.45, 7) is 4.60. The lowest BCUT2D eigenvalue weighted by atomic mass is 10.1. The van der Waals surface area contributed by atoms with Crippen LogP contribution in [0.5, 0.6) is 5.75 Å². The summed E-state index contributed by atoms with van der Waals surface area (Å²) in [4.78, 5) is 38.8. The van der Waals surface area contributed by atoms with Crippen LogP contribution in [-0.4, -0.2) is 35.3 Å². The number of hydrogen-bond donors (Lipinski definition) is 2. The highest BCUT2D eigenvalue weighted by Gasteiger charge is 2.34. The van der Waals surface area contributed by atoms with Crippen LogP contribution in [0.2, 0.25) is 0 Å². The zero-order valence-corrected chi connectivity index (χ0v) is 17.3. The lowest BCUT2D eigenvalue weighted by molar-refractivity contribution is -0.134. The van der Waals surface area contributed by atoms with Crippen LogP contribution in [0.15, 0.2) is 54.6 Å². The van der Waals surface area contributed by atoms with E-state index in [1.165, 1.54) is 0 Å². The molecule has 158 valence electrons. The molecule has 2 N–H and O–H groups in total. The number of amides is 3. The van der Waals surface area contributed by atoms with E-state index >= 15 is 0 Å². The molecule has 0 saturated carbocycles. The monoisotopic (exact) mass is 409 g/mol. The summed E-state index contributed by atoms with van der Waals surface area (Å²) < 4.78 is 5.71. The maximum absolute atomic E-state index is 12.5. The van der Waals surface area contributed by atoms with Gasteiger partial charge in [-0.2, -0.15) is 0 Å². The van der Waals surface area contributed by atoms with Crippen molar-refractivity contribution in [1.82, 2.24) is 15.8 Å². The lowest BCUT2D eigenvalue weighted by Gasteiger charge is -2.19. The number of nitrogens with zero attached hydrogens (tertiary/aromatic N) is 1. The van der Waals surface area contributed by atoms with Crippen molar-refractivity contribution in [1.29, 1.82) is 0 Å². The van der Waals surface area contributed by atoms with Crippen molar-refractivity contribution >= 4 is 17.7 Å². The van der Waals surface area contributed by atoms with E-state index in [4.69, 9.17) is 4.74 Å². The summed E-state index contributed by atoms with van der Waals surface area (Å²) in [5.74, 6) is -0.791. The van der Waals surface area contributed by atoms with Crippen molar-refractivity contribution in [3.63, 3.8) is 0 Å². The molecule has 1 heterocycles. The zero-order valence-electron chi connectivity index (χ0n) is 17.3. The summed E-state index contributed by atoms with van der Waals surface area (Å²) in [6, 6.07) is 17.0. The van der Waals surface area contributed by atoms with E-state index < -0.39 is 17.9 Å². The summed E-state index contributed by atoms with van der Waals surface area (Å²) in [5, 5.41) is 0. The van der Waals surface area contributed by atoms with Gasteiger partial charge in [-0.1, -0.05) is 55.0 Å². The minimum absolute atomic E-state index is 0.0699. The maximum Gasteiger partial charge on any atom is 0.279 e. The number of carbonyl (C=O) groups is 3. The Balaban J connectivity index is 1.48. The Morgan fingerprint density at radius 2 is 1.80 bits per heavy atom. The molecule has 7 heteroatoms. The van der Waals surface area contributed by atoms with Gasteiger partial charge in [0.1, 0.15) is 5.75 Å². The topological polar surface area (TPSA) is 87.7 Å². The molecule has 1 aliphatic rings. The number of rotatable bonds is 7. The number of aryl methyl sites for hydroxylation is 1. The second kappa shape index (κ2) is 9.91. The number of nitrogens with one attached hydrogen (secondary N) is 2. The molecule has 0 spiro atoms. The molecule has 0 aromatic heterocycles. The highest BCUT2D eigenvalue weighted by atomic mass is 16.5. The standard InChI is InChI=1S/C23H27N3O4/c1-3-20(30-19-11-9-16(2)10-12-19)23(29)25-24-22(28)18-13-21(27)26(15-18)14-17-7-5-4-6-8-17/h4-12,18,20H,3,13-15H2,1-2H3,(H,24,28)(H,25,29). The summed E-state index contributed by atoms with van der Waals surface area (Å²) in [5.41, 5.74) is 6.98. The van der Waals surface area contributed by atoms with Crippen LogP contribution in [0.3, 0.4) is 0 Å². The van der Waals surface area contributed by atoms with E-state index in [2.05, 4.69) is 10.9 Å². The van der Waals surface area contributed by atoms with Crippen LogP contribution in [0.25, 0.3) is 0 Å². The van der Waals surface area contributed by atoms with Gasteiger partial charge in [-0.05, 0) is 31.0 Å². The molecule has 2 atom stereocenters. The van der Waals surface area contributed by atoms with Crippen LogP contribution >= 0.6 is 0 Å². The van der Waals surface area contributed by atoms with E-state index in [1.54, 1.807) is 17.0 Å². The number of likely N-dealkylation sites (tertiary alicyclic amines) is 1. The summed E-state index contributed by atoms with van der Waals surface area (Å²) in [6.07, 6.45) is -0.152. The molecule has 30 heavy (non-hydrogen) atoms. The molecule has 0 aliphatic carbocycles. The number of hydrazine groups is 1. The molecule has 7 nitrogen and oxygen atoms in total. The second-order valence-corrected chi connectivity index (χ2v) is 7.47. The Kier molecular flexibility index (Phi) is 7.06. The van der Waals surface area contributed by atoms with Gasteiger partial charge >= 0.3 is 0 Å². The Hall–Kier alpha value is -3.35. The molecule has 2 aromatic rings. The normalized spacial score (nSPS) is 16.8. The van der Waals surface area contributed by atoms with E-state index in [0.717, 1.165) is 11.1 Å². The SMILES string of the molecule is CCC(Oc1ccc(C)cc1)C(=O)NNC(=O)C1CC(=O)N(Cc2ccccc2)C1. The second-order valence-electron chi connectivity index (χ2n) is 7.47. The lowest BCUT2D eigenvalue weighted by Crippen LogP contribution is -2.50. The largest absolute Gasteiger partial charge is 0.481 e. The van der Waals surface area contributed by atoms with Crippen molar-refractivity contribution < 1.29 is 19.1 Å². The number of benzene rings is 2. The zero-order chi connectivity index (χ0) is 21.5. The molecular formula is C23H27N3O4. The first-order valence-corrected chi connectivity index (χ1v) is 10.1. The Labute approximate surface area is 176 Å². The average Bonchev–Trinajstić information content (AvgIpc) is 3.12. The fraction of sp³-hybridized carbons (Fsp3) is 0.348. The summed E-state index contributed by atoms with van der Waals surface area (Å²) >= 11 is 0. The van der Waals surface area contributed by atoms with Gasteiger partial charge in [0, 0.05) is 19.5 Å². The smallest absolute Gasteiger partial charge is 0.279 e. The first-order chi connectivity index (χ1) is 14.5. The van der Waals surface area contributed by atoms with Crippen LogP contribution in [0, 0.1) is 12.8 Å². The van der Waals surface area contributed by atoms with Gasteiger partial charge in [-0.25, -0.2) is 0 Å². The summed E-state index contributed by atoms with van der Waals surface area (Å²) in [7, 11) is 0. The fourth-order valence-corrected chi connectivity index (χ4v) is 3.31. The third kappa shape index (κ3) is 5.59. The van der Waals surface area contributed by atoms with Crippen LogP contribution in [-0.2, 0) is 20.9 Å². The molecule has 1 aliphatic heterocycles. The fourth-order valence-electron chi connectivity index (χ4n) is 3.31. The number of carbonyl (C=O) groups excluding carboxylic acids is 3. The van der Waals surface area contributed by atoms with Gasteiger partial charge in [-0.3, -0.25) is 25.2 Å². The predicted octanol–water partition coefficient (Wildman–Crippen LogP) is 2.35. The highest BCUT2D eigenvalue weighted by Crippen LogP contribution is 2.20. The number of hydrogen-bond acceptors (Lipinski definition) is 4. The molecule has 3 rings (SSSR count). The van der Waals surface area contributed by atoms with Crippen LogP contribution in [0.1, 0.15) is 30.9 Å². The van der Waals surface area contributed by atoms with E-state index in [9.17, 15) is 14.4 Å². The minimum Gasteiger partial charge on any atom is -0.481 e. The van der Waals surface area contributed by atoms with E-state index in [1.807, 2.05) is 56.3 Å². The quantitative estimate of drug-likeness (QED) is 0.687. The van der Waals surface area contributed by atoms with Crippen LogP contribution in [0.4, 0.5) is 0 Å². The minimum atomic E-state index is -0.729. The van der Waals surface area contributed by atoms with Crippen molar-refractivity contribution in [2.45, 2.75) is 39.3 Å². The maximum atomic E-state index is 12.5. The van der Waals surface area contributed by atoms with Gasteiger partial charge in [0.2, 0.25) is 11.8 Å². The Morgan fingerprint density at radius 1 is 1.10 bits per heavy atom. The van der Waals surface area contributed by atoms with E-state index in [-0.39, 0.29) is 18.2 Å². The molecule has 2 aromatic carbocycles. The van der Waals surface area contributed by atoms with Crippen molar-refractivity contribution in [3.8, 4) is 5.75 Å². The predicted molar refractivity (Wildman–Crippen MR) is 112 cm³/mol. The molecular weight excluding hydrogens is 382 g/mol. The van der Waals surface area contributed by atoms with Gasteiger partial charge in [0.15, 0.2) is 6.10 Å². The Bertz CT molecular complexity index is 883. The highest BCUT2D eigenvalue weighted by molar-refractivity contribution is 5.91. The van der Waals surface area contributed by atoms with Crippen molar-refractivity contribution in [3.05, 3.63) is 65.7 Å². The van der Waals surface area contributed by atoms with Gasteiger partial charge in [-0.15, -0.1) is 0 Å². The average molecular weight is 409 g/mol. The van der Waals surface area contributed by atoms with Crippen LogP contribution < -0.4 is 15.6 Å². The van der Waals surface area contributed by atoms with Crippen molar-refractivity contribution in [2.24, 2.45) is 5.92 Å².